The van der Waals surface area contributed by atoms with Crippen LogP contribution in [0.5, 0.6) is 5.75 Å². The van der Waals surface area contributed by atoms with E-state index in [1.807, 2.05) is 12.1 Å². The maximum atomic E-state index is 10.5. The average molecular weight is 286 g/mol. The summed E-state index contributed by atoms with van der Waals surface area (Å²) in [6, 6.07) is 5.98. The standard InChI is InChI=1S/C19H26O2/c1-11-9-12-10-13(20)3-4-14(12)15-7-8-19(2)16(18(11)15)5-6-17(19)21/h3-4,10-11,15-18,20-21H,5-9H2,1-2H3/t11-,15?,16?,17+,18?,19+/m1/s1. The van der Waals surface area contributed by atoms with Crippen LogP contribution in [0.3, 0.4) is 0 Å². The average Bonchev–Trinajstić information content (AvgIpc) is 2.74. The number of aromatic hydroxyl groups is 1. The first-order valence-electron chi connectivity index (χ1n) is 8.50. The molecule has 3 unspecified atom stereocenters. The van der Waals surface area contributed by atoms with Gasteiger partial charge >= 0.3 is 0 Å². The Hall–Kier alpha value is -1.02. The monoisotopic (exact) mass is 286 g/mol. The minimum absolute atomic E-state index is 0.100. The van der Waals surface area contributed by atoms with Crippen molar-refractivity contribution in [3.63, 3.8) is 0 Å². The Kier molecular flexibility index (Phi) is 2.91. The summed E-state index contributed by atoms with van der Waals surface area (Å²) in [7, 11) is 0. The predicted octanol–water partition coefficient (Wildman–Crippen LogP) is 3.86. The maximum absolute atomic E-state index is 10.5. The number of rotatable bonds is 0. The Balaban J connectivity index is 1.76. The Morgan fingerprint density at radius 2 is 2.00 bits per heavy atom. The molecular formula is C19H26O2. The molecule has 2 nitrogen and oxygen atoms in total. The molecule has 114 valence electrons. The molecule has 0 aliphatic heterocycles. The van der Waals surface area contributed by atoms with E-state index in [2.05, 4.69) is 19.9 Å². The summed E-state index contributed by atoms with van der Waals surface area (Å²) >= 11 is 0. The number of aliphatic hydroxyl groups excluding tert-OH is 1. The molecule has 0 saturated heterocycles. The van der Waals surface area contributed by atoms with Gasteiger partial charge in [0.2, 0.25) is 0 Å². The Morgan fingerprint density at radius 1 is 1.19 bits per heavy atom. The van der Waals surface area contributed by atoms with E-state index in [1.165, 1.54) is 24.0 Å². The second-order valence-corrected chi connectivity index (χ2v) is 7.99. The number of phenols is 1. The van der Waals surface area contributed by atoms with Crippen LogP contribution < -0.4 is 0 Å². The van der Waals surface area contributed by atoms with Crippen LogP contribution in [0.4, 0.5) is 0 Å². The van der Waals surface area contributed by atoms with E-state index < -0.39 is 0 Å². The first kappa shape index (κ1) is 13.6. The van der Waals surface area contributed by atoms with Crippen LogP contribution in [0.1, 0.15) is 56.6 Å². The van der Waals surface area contributed by atoms with Gasteiger partial charge in [0.1, 0.15) is 5.75 Å². The van der Waals surface area contributed by atoms with Crippen LogP contribution in [0.15, 0.2) is 18.2 Å². The summed E-state index contributed by atoms with van der Waals surface area (Å²) in [5.74, 6) is 3.06. The van der Waals surface area contributed by atoms with E-state index in [-0.39, 0.29) is 11.5 Å². The van der Waals surface area contributed by atoms with Gasteiger partial charge < -0.3 is 10.2 Å². The molecule has 2 saturated carbocycles. The fourth-order valence-electron chi connectivity index (χ4n) is 5.94. The normalized spacial score (nSPS) is 44.8. The number of phenolic OH excluding ortho intramolecular Hbond substituents is 1. The second-order valence-electron chi connectivity index (χ2n) is 7.99. The Bertz CT molecular complexity index is 567. The highest BCUT2D eigenvalue weighted by atomic mass is 16.3. The predicted molar refractivity (Wildman–Crippen MR) is 83.3 cm³/mol. The molecule has 0 radical (unpaired) electrons. The van der Waals surface area contributed by atoms with Crippen molar-refractivity contribution in [2.75, 3.05) is 0 Å². The summed E-state index contributed by atoms with van der Waals surface area (Å²) < 4.78 is 0. The lowest BCUT2D eigenvalue weighted by molar-refractivity contribution is -0.0356. The molecule has 2 N–H and O–H groups in total. The van der Waals surface area contributed by atoms with Crippen LogP contribution in [0.2, 0.25) is 0 Å². The van der Waals surface area contributed by atoms with Gasteiger partial charge in [-0.25, -0.2) is 0 Å². The van der Waals surface area contributed by atoms with Gasteiger partial charge in [-0.15, -0.1) is 0 Å². The molecule has 0 spiro atoms. The van der Waals surface area contributed by atoms with Gasteiger partial charge in [-0.2, -0.15) is 0 Å². The minimum Gasteiger partial charge on any atom is -0.508 e. The minimum atomic E-state index is -0.100. The molecule has 0 bridgehead atoms. The second kappa shape index (κ2) is 4.49. The summed E-state index contributed by atoms with van der Waals surface area (Å²) in [4.78, 5) is 0. The van der Waals surface area contributed by atoms with Crippen LogP contribution in [-0.4, -0.2) is 16.3 Å². The summed E-state index contributed by atoms with van der Waals surface area (Å²) in [5.41, 5.74) is 2.97. The molecule has 0 heterocycles. The molecule has 1 aromatic rings. The SMILES string of the molecule is C[C@@H]1Cc2cc(O)ccc2C2CC[C@@]3(C)C(CC[C@@H]3O)C21. The highest BCUT2D eigenvalue weighted by Gasteiger charge is 2.55. The van der Waals surface area contributed by atoms with Gasteiger partial charge in [0, 0.05) is 0 Å². The zero-order chi connectivity index (χ0) is 14.8. The summed E-state index contributed by atoms with van der Waals surface area (Å²) in [5, 5.41) is 20.2. The molecule has 21 heavy (non-hydrogen) atoms. The molecule has 3 aliphatic rings. The molecule has 2 heteroatoms. The van der Waals surface area contributed by atoms with E-state index in [0.29, 0.717) is 29.4 Å². The van der Waals surface area contributed by atoms with Gasteiger partial charge in [-0.05, 0) is 84.5 Å². The van der Waals surface area contributed by atoms with Crippen molar-refractivity contribution in [2.45, 2.75) is 58.0 Å². The van der Waals surface area contributed by atoms with Crippen molar-refractivity contribution in [3.8, 4) is 5.75 Å². The largest absolute Gasteiger partial charge is 0.508 e. The van der Waals surface area contributed by atoms with E-state index in [1.54, 1.807) is 0 Å². The maximum Gasteiger partial charge on any atom is 0.115 e. The Morgan fingerprint density at radius 3 is 2.81 bits per heavy atom. The van der Waals surface area contributed by atoms with Gasteiger partial charge in [0.05, 0.1) is 6.10 Å². The smallest absolute Gasteiger partial charge is 0.115 e. The molecule has 0 amide bonds. The zero-order valence-corrected chi connectivity index (χ0v) is 13.0. The van der Waals surface area contributed by atoms with E-state index >= 15 is 0 Å². The van der Waals surface area contributed by atoms with Crippen LogP contribution in [-0.2, 0) is 6.42 Å². The number of hydrogen-bond acceptors (Lipinski definition) is 2. The third-order valence-electron chi connectivity index (χ3n) is 7.01. The number of hydrogen-bond donors (Lipinski definition) is 2. The number of benzene rings is 1. The quantitative estimate of drug-likeness (QED) is 0.760. The lowest BCUT2D eigenvalue weighted by atomic mass is 9.53. The molecular weight excluding hydrogens is 260 g/mol. The lowest BCUT2D eigenvalue weighted by Gasteiger charge is -2.52. The molecule has 0 aromatic heterocycles. The van der Waals surface area contributed by atoms with E-state index in [9.17, 15) is 10.2 Å². The zero-order valence-electron chi connectivity index (χ0n) is 13.0. The lowest BCUT2D eigenvalue weighted by Crippen LogP contribution is -2.46. The van der Waals surface area contributed by atoms with Crippen molar-refractivity contribution in [1.29, 1.82) is 0 Å². The van der Waals surface area contributed by atoms with Crippen molar-refractivity contribution in [1.82, 2.24) is 0 Å². The molecule has 2 fully saturated rings. The fourth-order valence-corrected chi connectivity index (χ4v) is 5.94. The van der Waals surface area contributed by atoms with Crippen LogP contribution in [0.25, 0.3) is 0 Å². The highest BCUT2D eigenvalue weighted by Crippen LogP contribution is 2.62. The van der Waals surface area contributed by atoms with Crippen molar-refractivity contribution >= 4 is 0 Å². The van der Waals surface area contributed by atoms with Gasteiger partial charge in [0.25, 0.3) is 0 Å². The third-order valence-corrected chi connectivity index (χ3v) is 7.01. The first-order valence-corrected chi connectivity index (χ1v) is 8.50. The van der Waals surface area contributed by atoms with E-state index in [0.717, 1.165) is 19.3 Å². The third kappa shape index (κ3) is 1.81. The first-order chi connectivity index (χ1) is 10.0. The number of aliphatic hydroxyl groups is 1. The number of fused-ring (bicyclic) bond motifs is 5. The van der Waals surface area contributed by atoms with Gasteiger partial charge in [-0.3, -0.25) is 0 Å². The molecule has 3 aliphatic carbocycles. The van der Waals surface area contributed by atoms with Crippen molar-refractivity contribution < 1.29 is 10.2 Å². The highest BCUT2D eigenvalue weighted by molar-refractivity contribution is 5.40. The fraction of sp³-hybridized carbons (Fsp3) is 0.684. The van der Waals surface area contributed by atoms with E-state index in [4.69, 9.17) is 0 Å². The van der Waals surface area contributed by atoms with Gasteiger partial charge in [0.15, 0.2) is 0 Å². The summed E-state index contributed by atoms with van der Waals surface area (Å²) in [6.07, 6.45) is 5.49. The molecule has 4 rings (SSSR count). The molecule has 1 aromatic carbocycles. The molecule has 6 atom stereocenters. The summed E-state index contributed by atoms with van der Waals surface area (Å²) in [6.45, 7) is 4.70. The van der Waals surface area contributed by atoms with Gasteiger partial charge in [-0.1, -0.05) is 19.9 Å². The van der Waals surface area contributed by atoms with Crippen molar-refractivity contribution in [3.05, 3.63) is 29.3 Å². The topological polar surface area (TPSA) is 40.5 Å². The van der Waals surface area contributed by atoms with Crippen LogP contribution >= 0.6 is 0 Å². The van der Waals surface area contributed by atoms with Crippen LogP contribution in [0, 0.1) is 23.2 Å². The Labute approximate surface area is 127 Å². The van der Waals surface area contributed by atoms with Crippen molar-refractivity contribution in [2.24, 2.45) is 23.2 Å².